The van der Waals surface area contributed by atoms with E-state index in [9.17, 15) is 19.5 Å². The van der Waals surface area contributed by atoms with Crippen molar-refractivity contribution in [1.82, 2.24) is 4.90 Å². The maximum atomic E-state index is 12.0. The molecule has 106 valence electrons. The van der Waals surface area contributed by atoms with Gasteiger partial charge >= 0.3 is 12.1 Å². The van der Waals surface area contributed by atoms with Crippen LogP contribution < -0.4 is 0 Å². The molecule has 1 fully saturated rings. The zero-order valence-electron chi connectivity index (χ0n) is 11.0. The van der Waals surface area contributed by atoms with Crippen molar-refractivity contribution in [3.8, 4) is 0 Å². The minimum absolute atomic E-state index is 0.0417. The van der Waals surface area contributed by atoms with Crippen LogP contribution in [0.4, 0.5) is 4.79 Å². The average molecular weight is 277 g/mol. The Kier molecular flexibility index (Phi) is 3.74. The van der Waals surface area contributed by atoms with E-state index in [1.165, 1.54) is 6.92 Å². The molecule has 0 spiro atoms. The van der Waals surface area contributed by atoms with E-state index in [2.05, 4.69) is 0 Å². The number of carboxylic acids is 1. The van der Waals surface area contributed by atoms with Crippen LogP contribution in [0.5, 0.6) is 0 Å². The maximum absolute atomic E-state index is 12.0. The minimum Gasteiger partial charge on any atom is -0.479 e. The molecule has 1 atom stereocenters. The molecule has 0 bridgehead atoms. The Bertz CT molecular complexity index is 542. The van der Waals surface area contributed by atoms with Gasteiger partial charge in [-0.1, -0.05) is 30.3 Å². The first-order valence-electron chi connectivity index (χ1n) is 6.17. The van der Waals surface area contributed by atoms with Crippen LogP contribution in [0, 0.1) is 0 Å². The molecule has 0 saturated carbocycles. The third-order valence-corrected chi connectivity index (χ3v) is 3.36. The first-order valence-corrected chi connectivity index (χ1v) is 6.17. The molecule has 1 aliphatic rings. The topological polar surface area (TPSA) is 83.9 Å². The first kappa shape index (κ1) is 14.0. The fourth-order valence-corrected chi connectivity index (χ4v) is 2.14. The second kappa shape index (κ2) is 5.32. The van der Waals surface area contributed by atoms with E-state index in [1.54, 1.807) is 12.1 Å². The molecule has 1 aliphatic heterocycles. The number of nitrogens with zero attached hydrogens (tertiary/aromatic N) is 1. The van der Waals surface area contributed by atoms with Crippen LogP contribution in [-0.4, -0.2) is 39.9 Å². The van der Waals surface area contributed by atoms with Crippen molar-refractivity contribution in [3.05, 3.63) is 35.9 Å². The van der Waals surface area contributed by atoms with Gasteiger partial charge in [0.2, 0.25) is 0 Å². The molecule has 1 aromatic rings. The van der Waals surface area contributed by atoms with Crippen molar-refractivity contribution in [1.29, 1.82) is 0 Å². The summed E-state index contributed by atoms with van der Waals surface area (Å²) in [5.74, 6) is -1.49. The molecule has 1 saturated heterocycles. The van der Waals surface area contributed by atoms with Crippen LogP contribution in [-0.2, 0) is 20.9 Å². The fraction of sp³-hybridized carbons (Fsp3) is 0.357. The third-order valence-electron chi connectivity index (χ3n) is 3.36. The molecule has 6 heteroatoms. The summed E-state index contributed by atoms with van der Waals surface area (Å²) >= 11 is 0. The van der Waals surface area contributed by atoms with Crippen LogP contribution in [0.1, 0.15) is 18.9 Å². The van der Waals surface area contributed by atoms with Gasteiger partial charge < -0.3 is 9.84 Å². The van der Waals surface area contributed by atoms with Crippen molar-refractivity contribution < 1.29 is 24.2 Å². The number of Topliss-reactive ketones (excluding diaryl/α,β-unsaturated/α-hetero) is 1. The number of likely N-dealkylation sites (tertiary alicyclic amines) is 1. The SMILES string of the molecule is C[C@]1(C(=O)O)CC(=O)CN1C(=O)OCc1ccccc1. The number of ether oxygens (including phenoxy) is 1. The smallest absolute Gasteiger partial charge is 0.411 e. The van der Waals surface area contributed by atoms with Crippen molar-refractivity contribution in [2.45, 2.75) is 25.5 Å². The second-order valence-electron chi connectivity index (χ2n) is 4.92. The number of carbonyl (C=O) groups is 3. The molecule has 0 radical (unpaired) electrons. The summed E-state index contributed by atoms with van der Waals surface area (Å²) in [6, 6.07) is 9.04. The molecule has 1 aromatic carbocycles. The van der Waals surface area contributed by atoms with Gasteiger partial charge in [0.1, 0.15) is 12.1 Å². The monoisotopic (exact) mass is 277 g/mol. The quantitative estimate of drug-likeness (QED) is 0.903. The molecule has 0 unspecified atom stereocenters. The normalized spacial score (nSPS) is 21.9. The van der Waals surface area contributed by atoms with Gasteiger partial charge in [0.05, 0.1) is 6.54 Å². The first-order chi connectivity index (χ1) is 9.43. The Morgan fingerprint density at radius 3 is 2.60 bits per heavy atom. The van der Waals surface area contributed by atoms with E-state index in [0.717, 1.165) is 10.5 Å². The van der Waals surface area contributed by atoms with Gasteiger partial charge in [0.15, 0.2) is 5.78 Å². The Labute approximate surface area is 115 Å². The lowest BCUT2D eigenvalue weighted by atomic mass is 9.99. The lowest BCUT2D eigenvalue weighted by Gasteiger charge is -2.29. The Morgan fingerprint density at radius 2 is 2.00 bits per heavy atom. The molecule has 1 amide bonds. The number of rotatable bonds is 3. The zero-order valence-corrected chi connectivity index (χ0v) is 11.0. The molecule has 6 nitrogen and oxygen atoms in total. The van der Waals surface area contributed by atoms with Gasteiger partial charge in [-0.3, -0.25) is 9.69 Å². The number of carboxylic acid groups (broad SMARTS) is 1. The molecule has 0 aromatic heterocycles. The van der Waals surface area contributed by atoms with E-state index in [4.69, 9.17) is 4.74 Å². The van der Waals surface area contributed by atoms with Crippen LogP contribution >= 0.6 is 0 Å². The second-order valence-corrected chi connectivity index (χ2v) is 4.92. The van der Waals surface area contributed by atoms with Crippen molar-refractivity contribution in [2.75, 3.05) is 6.54 Å². The third kappa shape index (κ3) is 2.64. The number of hydrogen-bond acceptors (Lipinski definition) is 4. The molecule has 20 heavy (non-hydrogen) atoms. The van der Waals surface area contributed by atoms with Crippen molar-refractivity contribution in [2.24, 2.45) is 0 Å². The average Bonchev–Trinajstić information content (AvgIpc) is 2.74. The number of benzene rings is 1. The van der Waals surface area contributed by atoms with Gasteiger partial charge in [0, 0.05) is 6.42 Å². The highest BCUT2D eigenvalue weighted by Crippen LogP contribution is 2.28. The van der Waals surface area contributed by atoms with E-state index in [-0.39, 0.29) is 25.4 Å². The molecule has 2 rings (SSSR count). The predicted octanol–water partition coefficient (Wildman–Crippen LogP) is 1.44. The van der Waals surface area contributed by atoms with Crippen LogP contribution in [0.15, 0.2) is 30.3 Å². The molecular formula is C14H15NO5. The predicted molar refractivity (Wildman–Crippen MR) is 69.0 cm³/mol. The summed E-state index contributed by atoms with van der Waals surface area (Å²) in [6.07, 6.45) is -0.979. The Hall–Kier alpha value is -2.37. The van der Waals surface area contributed by atoms with Gasteiger partial charge in [-0.2, -0.15) is 0 Å². The van der Waals surface area contributed by atoms with Gasteiger partial charge in [-0.25, -0.2) is 9.59 Å². The van der Waals surface area contributed by atoms with Crippen LogP contribution in [0.3, 0.4) is 0 Å². The number of aliphatic carboxylic acids is 1. The highest BCUT2D eigenvalue weighted by Gasteiger charge is 2.50. The fourth-order valence-electron chi connectivity index (χ4n) is 2.14. The molecule has 1 N–H and O–H groups in total. The maximum Gasteiger partial charge on any atom is 0.411 e. The summed E-state index contributed by atoms with van der Waals surface area (Å²) in [4.78, 5) is 35.6. The summed E-state index contributed by atoms with van der Waals surface area (Å²) < 4.78 is 5.08. The highest BCUT2D eigenvalue weighted by molar-refractivity contribution is 5.97. The standard InChI is InChI=1S/C14H15NO5/c1-14(12(17)18)7-11(16)8-15(14)13(19)20-9-10-5-3-2-4-6-10/h2-6H,7-9H2,1H3,(H,17,18)/t14-/m1/s1. The summed E-state index contributed by atoms with van der Waals surface area (Å²) in [6.45, 7) is 1.17. The lowest BCUT2D eigenvalue weighted by molar-refractivity contribution is -0.148. The Morgan fingerprint density at radius 1 is 1.35 bits per heavy atom. The van der Waals surface area contributed by atoms with E-state index >= 15 is 0 Å². The molecular weight excluding hydrogens is 262 g/mol. The summed E-state index contributed by atoms with van der Waals surface area (Å²) in [7, 11) is 0. The van der Waals surface area contributed by atoms with E-state index in [1.807, 2.05) is 18.2 Å². The number of hydrogen-bond donors (Lipinski definition) is 1. The number of carbonyl (C=O) groups excluding carboxylic acids is 2. The number of ketones is 1. The van der Waals surface area contributed by atoms with Crippen LogP contribution in [0.25, 0.3) is 0 Å². The Balaban J connectivity index is 2.05. The van der Waals surface area contributed by atoms with E-state index in [0.29, 0.717) is 0 Å². The molecule has 0 aliphatic carbocycles. The minimum atomic E-state index is -1.52. The van der Waals surface area contributed by atoms with Gasteiger partial charge in [-0.05, 0) is 12.5 Å². The number of amides is 1. The van der Waals surface area contributed by atoms with Gasteiger partial charge in [-0.15, -0.1) is 0 Å². The summed E-state index contributed by atoms with van der Waals surface area (Å²) in [5, 5.41) is 9.19. The largest absolute Gasteiger partial charge is 0.479 e. The van der Waals surface area contributed by atoms with E-state index < -0.39 is 17.6 Å². The molecule has 1 heterocycles. The zero-order chi connectivity index (χ0) is 14.8. The summed E-state index contributed by atoms with van der Waals surface area (Å²) in [5.41, 5.74) is -0.728. The van der Waals surface area contributed by atoms with Crippen LogP contribution in [0.2, 0.25) is 0 Å². The van der Waals surface area contributed by atoms with Gasteiger partial charge in [0.25, 0.3) is 0 Å². The van der Waals surface area contributed by atoms with Crippen molar-refractivity contribution >= 4 is 17.8 Å². The lowest BCUT2D eigenvalue weighted by Crippen LogP contribution is -2.50. The highest BCUT2D eigenvalue weighted by atomic mass is 16.6. The van der Waals surface area contributed by atoms with Crippen molar-refractivity contribution in [3.63, 3.8) is 0 Å².